The van der Waals surface area contributed by atoms with Gasteiger partial charge in [-0.05, 0) is 61.0 Å². The molecular formula is C26H22ClN3O3. The largest absolute Gasteiger partial charge is 0.465 e. The minimum Gasteiger partial charge on any atom is -0.465 e. The van der Waals surface area contributed by atoms with Gasteiger partial charge in [0, 0.05) is 22.5 Å². The number of rotatable bonds is 5. The Morgan fingerprint density at radius 2 is 1.70 bits per heavy atom. The summed E-state index contributed by atoms with van der Waals surface area (Å²) in [6.45, 7) is 3.85. The van der Waals surface area contributed by atoms with Gasteiger partial charge in [-0.1, -0.05) is 41.9 Å². The normalized spacial score (nSPS) is 11.2. The minimum atomic E-state index is -0.437. The van der Waals surface area contributed by atoms with Gasteiger partial charge in [-0.25, -0.2) is 10.2 Å². The van der Waals surface area contributed by atoms with E-state index in [4.69, 9.17) is 16.3 Å². The topological polar surface area (TPSA) is 72.7 Å². The van der Waals surface area contributed by atoms with Gasteiger partial charge < -0.3 is 9.30 Å². The van der Waals surface area contributed by atoms with E-state index in [0.717, 1.165) is 27.7 Å². The highest BCUT2D eigenvalue weighted by atomic mass is 35.5. The predicted molar refractivity (Wildman–Crippen MR) is 131 cm³/mol. The Morgan fingerprint density at radius 1 is 0.970 bits per heavy atom. The predicted octanol–water partition coefficient (Wildman–Crippen LogP) is 5.45. The van der Waals surface area contributed by atoms with Crippen molar-refractivity contribution in [2.75, 3.05) is 7.11 Å². The van der Waals surface area contributed by atoms with E-state index in [1.54, 1.807) is 30.5 Å². The van der Waals surface area contributed by atoms with Crippen LogP contribution in [0.2, 0.25) is 5.02 Å². The maximum absolute atomic E-state index is 12.5. The number of hydrogen-bond donors (Lipinski definition) is 1. The van der Waals surface area contributed by atoms with E-state index < -0.39 is 5.97 Å². The van der Waals surface area contributed by atoms with Crippen molar-refractivity contribution in [3.63, 3.8) is 0 Å². The van der Waals surface area contributed by atoms with Crippen molar-refractivity contribution < 1.29 is 14.3 Å². The van der Waals surface area contributed by atoms with Gasteiger partial charge in [0.25, 0.3) is 5.91 Å². The van der Waals surface area contributed by atoms with E-state index in [1.165, 1.54) is 7.11 Å². The lowest BCUT2D eigenvalue weighted by atomic mass is 10.1. The summed E-state index contributed by atoms with van der Waals surface area (Å²) in [5.74, 6) is -0.729. The van der Waals surface area contributed by atoms with Crippen molar-refractivity contribution in [2.45, 2.75) is 13.8 Å². The molecule has 33 heavy (non-hydrogen) atoms. The Morgan fingerprint density at radius 3 is 2.45 bits per heavy atom. The van der Waals surface area contributed by atoms with Crippen LogP contribution in [0.15, 0.2) is 71.8 Å². The first-order chi connectivity index (χ1) is 15.9. The van der Waals surface area contributed by atoms with Gasteiger partial charge in [-0.3, -0.25) is 4.79 Å². The molecule has 1 N–H and O–H groups in total. The molecule has 0 fully saturated rings. The fourth-order valence-electron chi connectivity index (χ4n) is 3.77. The number of aryl methyl sites for hydroxylation is 1. The van der Waals surface area contributed by atoms with Crippen LogP contribution in [0.25, 0.3) is 16.5 Å². The van der Waals surface area contributed by atoms with Crippen LogP contribution >= 0.6 is 11.6 Å². The fraction of sp³-hybridized carbons (Fsp3) is 0.115. The fourth-order valence-corrected chi connectivity index (χ4v) is 3.98. The smallest absolute Gasteiger partial charge is 0.337 e. The van der Waals surface area contributed by atoms with Gasteiger partial charge in [0.2, 0.25) is 0 Å². The molecule has 0 saturated heterocycles. The first-order valence-electron chi connectivity index (χ1n) is 10.3. The van der Waals surface area contributed by atoms with Crippen LogP contribution in [0.5, 0.6) is 0 Å². The van der Waals surface area contributed by atoms with Crippen molar-refractivity contribution in [3.05, 3.63) is 99.8 Å². The van der Waals surface area contributed by atoms with E-state index in [2.05, 4.69) is 10.5 Å². The lowest BCUT2D eigenvalue weighted by Crippen LogP contribution is -2.17. The number of nitrogens with zero attached hydrogens (tertiary/aromatic N) is 2. The number of ether oxygens (including phenoxy) is 1. The van der Waals surface area contributed by atoms with Crippen LogP contribution in [0.1, 0.15) is 37.7 Å². The van der Waals surface area contributed by atoms with E-state index in [1.807, 2.05) is 60.9 Å². The second-order valence-electron chi connectivity index (χ2n) is 7.58. The summed E-state index contributed by atoms with van der Waals surface area (Å²) in [5, 5.41) is 6.70. The van der Waals surface area contributed by atoms with Crippen molar-refractivity contribution >= 4 is 40.5 Å². The minimum absolute atomic E-state index is 0.292. The number of hydrogen-bond acceptors (Lipinski definition) is 4. The molecule has 0 radical (unpaired) electrons. The van der Waals surface area contributed by atoms with E-state index >= 15 is 0 Å². The summed E-state index contributed by atoms with van der Waals surface area (Å²) in [4.78, 5) is 24.5. The Kier molecular flexibility index (Phi) is 6.29. The van der Waals surface area contributed by atoms with Crippen molar-refractivity contribution in [1.29, 1.82) is 0 Å². The summed E-state index contributed by atoms with van der Waals surface area (Å²) in [6.07, 6.45) is 1.59. The molecule has 1 amide bonds. The van der Waals surface area contributed by atoms with Crippen LogP contribution in [0.3, 0.4) is 0 Å². The first-order valence-corrected chi connectivity index (χ1v) is 10.7. The van der Waals surface area contributed by atoms with Crippen molar-refractivity contribution in [1.82, 2.24) is 9.99 Å². The molecule has 0 aliphatic rings. The maximum atomic E-state index is 12.5. The number of carbonyl (C=O) groups is 2. The lowest BCUT2D eigenvalue weighted by molar-refractivity contribution is 0.0600. The van der Waals surface area contributed by atoms with Gasteiger partial charge in [0.05, 0.1) is 29.6 Å². The average molecular weight is 460 g/mol. The molecule has 0 unspecified atom stereocenters. The van der Waals surface area contributed by atoms with Crippen LogP contribution in [-0.2, 0) is 4.74 Å². The number of esters is 1. The zero-order valence-corrected chi connectivity index (χ0v) is 19.2. The molecule has 0 aliphatic carbocycles. The molecule has 7 heteroatoms. The number of amides is 1. The van der Waals surface area contributed by atoms with E-state index in [9.17, 15) is 9.59 Å². The van der Waals surface area contributed by atoms with Gasteiger partial charge in [-0.2, -0.15) is 5.10 Å². The molecule has 0 atom stereocenters. The average Bonchev–Trinajstić information content (AvgIpc) is 3.11. The molecule has 3 aromatic carbocycles. The number of carbonyl (C=O) groups excluding carboxylic acids is 2. The molecule has 1 aromatic heterocycles. The molecule has 4 aromatic rings. The number of methoxy groups -OCH3 is 1. The van der Waals surface area contributed by atoms with Gasteiger partial charge in [0.1, 0.15) is 0 Å². The highest BCUT2D eigenvalue weighted by Crippen LogP contribution is 2.27. The number of aromatic nitrogens is 1. The first kappa shape index (κ1) is 22.3. The zero-order valence-electron chi connectivity index (χ0n) is 18.4. The Labute approximate surface area is 196 Å². The molecule has 1 heterocycles. The summed E-state index contributed by atoms with van der Waals surface area (Å²) in [5.41, 5.74) is 6.76. The molecule has 0 saturated carbocycles. The van der Waals surface area contributed by atoms with Crippen LogP contribution in [0.4, 0.5) is 0 Å². The monoisotopic (exact) mass is 459 g/mol. The summed E-state index contributed by atoms with van der Waals surface area (Å²) < 4.78 is 6.75. The third kappa shape index (κ3) is 4.52. The Balaban J connectivity index is 1.57. The number of halogens is 1. The Bertz CT molecular complexity index is 1410. The molecule has 0 aliphatic heterocycles. The van der Waals surface area contributed by atoms with Crippen LogP contribution in [-0.4, -0.2) is 29.8 Å². The maximum Gasteiger partial charge on any atom is 0.337 e. The number of hydrazone groups is 1. The zero-order chi connectivity index (χ0) is 23.5. The molecule has 4 rings (SSSR count). The molecule has 166 valence electrons. The van der Waals surface area contributed by atoms with Crippen LogP contribution < -0.4 is 5.43 Å². The van der Waals surface area contributed by atoms with Gasteiger partial charge in [0.15, 0.2) is 0 Å². The molecular weight excluding hydrogens is 438 g/mol. The van der Waals surface area contributed by atoms with Gasteiger partial charge >= 0.3 is 5.97 Å². The molecule has 6 nitrogen and oxygen atoms in total. The quantitative estimate of drug-likeness (QED) is 0.245. The SMILES string of the molecule is COC(=O)c1ccc(Cl)c(-n2c(C)cc(/C=N/NC(=O)c3ccc4ccccc4c3)c2C)c1. The Hall–Kier alpha value is -3.90. The van der Waals surface area contributed by atoms with Gasteiger partial charge in [-0.15, -0.1) is 0 Å². The summed E-state index contributed by atoms with van der Waals surface area (Å²) >= 11 is 6.42. The highest BCUT2D eigenvalue weighted by molar-refractivity contribution is 6.32. The number of benzene rings is 3. The number of nitrogens with one attached hydrogen (secondary N) is 1. The van der Waals surface area contributed by atoms with Crippen molar-refractivity contribution in [3.8, 4) is 5.69 Å². The summed E-state index contributed by atoms with van der Waals surface area (Å²) in [6, 6.07) is 20.3. The van der Waals surface area contributed by atoms with E-state index in [-0.39, 0.29) is 5.91 Å². The van der Waals surface area contributed by atoms with Crippen molar-refractivity contribution in [2.24, 2.45) is 5.10 Å². The standard InChI is InChI=1S/C26H22ClN3O3/c1-16-12-22(17(2)30(16)24-14-21(26(32)33-3)10-11-23(24)27)15-28-29-25(31)20-9-8-18-6-4-5-7-19(18)13-20/h4-15H,1-3H3,(H,29,31)/b28-15+. The number of fused-ring (bicyclic) bond motifs is 1. The third-order valence-corrected chi connectivity index (χ3v) is 5.78. The third-order valence-electron chi connectivity index (χ3n) is 5.46. The molecule has 0 spiro atoms. The second-order valence-corrected chi connectivity index (χ2v) is 7.99. The molecule has 0 bridgehead atoms. The van der Waals surface area contributed by atoms with Crippen LogP contribution in [0, 0.1) is 13.8 Å². The second kappa shape index (κ2) is 9.30. The van der Waals surface area contributed by atoms with E-state index in [0.29, 0.717) is 21.8 Å². The lowest BCUT2D eigenvalue weighted by Gasteiger charge is -2.13. The summed E-state index contributed by atoms with van der Waals surface area (Å²) in [7, 11) is 1.34. The highest BCUT2D eigenvalue weighted by Gasteiger charge is 2.15.